The lowest BCUT2D eigenvalue weighted by atomic mass is 10.0. The van der Waals surface area contributed by atoms with Crippen LogP contribution in [0, 0.1) is 0 Å². The third-order valence-electron chi connectivity index (χ3n) is 15.2. The fourth-order valence-corrected chi connectivity index (χ4v) is 10.1. The molecule has 0 saturated carbocycles. The molecule has 6 heteroatoms. The summed E-state index contributed by atoms with van der Waals surface area (Å²) in [5, 5.41) is 0. The van der Waals surface area contributed by atoms with Gasteiger partial charge in [-0.3, -0.25) is 14.4 Å². The topological polar surface area (TPSA) is 78.9 Å². The first kappa shape index (κ1) is 75.1. The predicted octanol–water partition coefficient (Wildman–Crippen LogP) is 23.5. The van der Waals surface area contributed by atoms with Gasteiger partial charge in [0.1, 0.15) is 13.2 Å². The van der Waals surface area contributed by atoms with Crippen LogP contribution in [0.5, 0.6) is 0 Å². The van der Waals surface area contributed by atoms with Crippen molar-refractivity contribution in [2.24, 2.45) is 0 Å². The monoisotopic (exact) mass is 1090 g/mol. The van der Waals surface area contributed by atoms with Crippen molar-refractivity contribution in [3.05, 3.63) is 60.8 Å². The van der Waals surface area contributed by atoms with Gasteiger partial charge in [0.2, 0.25) is 0 Å². The summed E-state index contributed by atoms with van der Waals surface area (Å²) in [7, 11) is 0. The number of hydrogen-bond acceptors (Lipinski definition) is 6. The Bertz CT molecular complexity index is 1390. The minimum Gasteiger partial charge on any atom is -0.462 e. The third kappa shape index (κ3) is 63.9. The fraction of sp³-hybridized carbons (Fsp3) is 0.819. The summed E-state index contributed by atoms with van der Waals surface area (Å²) in [4.78, 5) is 38.1. The van der Waals surface area contributed by atoms with E-state index < -0.39 is 6.10 Å². The Morgan fingerprint density at radius 2 is 0.462 bits per heavy atom. The quantitative estimate of drug-likeness (QED) is 0.0261. The molecule has 0 aliphatic carbocycles. The van der Waals surface area contributed by atoms with E-state index in [1.807, 2.05) is 0 Å². The first-order valence-electron chi connectivity index (χ1n) is 34.3. The second kappa shape index (κ2) is 66.6. The van der Waals surface area contributed by atoms with Crippen LogP contribution in [0.3, 0.4) is 0 Å². The molecule has 0 N–H and O–H groups in total. The van der Waals surface area contributed by atoms with Crippen molar-refractivity contribution in [3.8, 4) is 0 Å². The van der Waals surface area contributed by atoms with Crippen LogP contribution in [-0.2, 0) is 28.6 Å². The average Bonchev–Trinajstić information content (AvgIpc) is 3.44. The Morgan fingerprint density at radius 3 is 0.718 bits per heavy atom. The van der Waals surface area contributed by atoms with Crippen LogP contribution in [0.25, 0.3) is 0 Å². The molecule has 0 bridgehead atoms. The first-order valence-corrected chi connectivity index (χ1v) is 34.3. The molecule has 0 aliphatic rings. The summed E-state index contributed by atoms with van der Waals surface area (Å²) in [6, 6.07) is 0. The number of carbonyl (C=O) groups excluding carboxylic acids is 3. The van der Waals surface area contributed by atoms with Crippen molar-refractivity contribution < 1.29 is 28.6 Å². The summed E-state index contributed by atoms with van der Waals surface area (Å²) in [6.45, 7) is 6.60. The third-order valence-corrected chi connectivity index (χ3v) is 15.2. The van der Waals surface area contributed by atoms with Gasteiger partial charge in [0, 0.05) is 19.3 Å². The highest BCUT2D eigenvalue weighted by Gasteiger charge is 2.19. The molecule has 0 radical (unpaired) electrons. The van der Waals surface area contributed by atoms with Crippen molar-refractivity contribution in [2.75, 3.05) is 13.2 Å². The molecule has 0 aliphatic heterocycles. The first-order chi connectivity index (χ1) is 38.5. The maximum atomic E-state index is 12.9. The van der Waals surface area contributed by atoms with Crippen molar-refractivity contribution in [1.29, 1.82) is 0 Å². The minimum absolute atomic E-state index is 0.0718. The number of unbranched alkanes of at least 4 members (excludes halogenated alkanes) is 42. The van der Waals surface area contributed by atoms with Gasteiger partial charge < -0.3 is 14.2 Å². The van der Waals surface area contributed by atoms with Crippen LogP contribution in [0.1, 0.15) is 361 Å². The molecule has 0 saturated heterocycles. The van der Waals surface area contributed by atoms with E-state index in [1.54, 1.807) is 0 Å². The highest BCUT2D eigenvalue weighted by molar-refractivity contribution is 5.71. The van der Waals surface area contributed by atoms with E-state index in [0.29, 0.717) is 19.3 Å². The zero-order valence-corrected chi connectivity index (χ0v) is 52.2. The van der Waals surface area contributed by atoms with Crippen LogP contribution in [0.2, 0.25) is 0 Å². The lowest BCUT2D eigenvalue weighted by Gasteiger charge is -2.18. The van der Waals surface area contributed by atoms with Gasteiger partial charge in [-0.05, 0) is 89.9 Å². The highest BCUT2D eigenvalue weighted by atomic mass is 16.6. The molecule has 0 aromatic carbocycles. The Kier molecular flexibility index (Phi) is 64.2. The number of allylic oxidation sites excluding steroid dienone is 10. The van der Waals surface area contributed by atoms with Crippen LogP contribution in [-0.4, -0.2) is 37.2 Å². The van der Waals surface area contributed by atoms with Gasteiger partial charge in [-0.2, -0.15) is 0 Å². The number of hydrogen-bond donors (Lipinski definition) is 0. The molecular formula is C72H130O6. The Labute approximate surface area is 485 Å². The molecule has 0 aromatic rings. The van der Waals surface area contributed by atoms with E-state index in [4.69, 9.17) is 14.2 Å². The molecule has 0 heterocycles. The molecule has 0 amide bonds. The van der Waals surface area contributed by atoms with E-state index in [9.17, 15) is 14.4 Å². The standard InChI is InChI=1S/C72H130O6/c1-4-7-10-13-16-18-20-22-24-26-28-30-32-34-36-38-40-42-44-46-48-50-52-54-56-59-62-65-71(74)77-68-69(67-76-70(73)64-61-58-15-12-9-6-3)78-72(75)66-63-60-57-55-53-51-49-47-45-43-41-39-37-35-33-31-29-27-25-23-21-19-17-14-11-8-5-2/h20-23,26-29,32,34,69H,4-19,24-25,30-31,33,35-68H2,1-3H3/b22-20-,23-21-,28-26-,29-27-,34-32-. The summed E-state index contributed by atoms with van der Waals surface area (Å²) in [5.41, 5.74) is 0. The SMILES string of the molecule is CCCCCCC/C=C\C/C=C\C/C=C\CCCCCCCCCCCCCCC(=O)OCC(COC(=O)CCCCCCCC)OC(=O)CCCCCCCCCCCCCCCCC/C=C\C/C=C\CCCCCCC. The fourth-order valence-electron chi connectivity index (χ4n) is 10.1. The second-order valence-corrected chi connectivity index (χ2v) is 23.1. The summed E-state index contributed by atoms with van der Waals surface area (Å²) in [5.74, 6) is -0.865. The van der Waals surface area contributed by atoms with Crippen LogP contribution in [0.15, 0.2) is 60.8 Å². The predicted molar refractivity (Wildman–Crippen MR) is 339 cm³/mol. The lowest BCUT2D eigenvalue weighted by molar-refractivity contribution is -0.167. The zero-order valence-electron chi connectivity index (χ0n) is 52.2. The lowest BCUT2D eigenvalue weighted by Crippen LogP contribution is -2.30. The van der Waals surface area contributed by atoms with Gasteiger partial charge in [-0.1, -0.05) is 313 Å². The Hall–Kier alpha value is -2.89. The van der Waals surface area contributed by atoms with Gasteiger partial charge in [0.15, 0.2) is 6.10 Å². The summed E-state index contributed by atoms with van der Waals surface area (Å²) >= 11 is 0. The van der Waals surface area contributed by atoms with Crippen LogP contribution in [0.4, 0.5) is 0 Å². The van der Waals surface area contributed by atoms with Gasteiger partial charge >= 0.3 is 17.9 Å². The van der Waals surface area contributed by atoms with E-state index >= 15 is 0 Å². The highest BCUT2D eigenvalue weighted by Crippen LogP contribution is 2.17. The number of ether oxygens (including phenoxy) is 3. The molecule has 1 atom stereocenters. The van der Waals surface area contributed by atoms with Gasteiger partial charge in [-0.15, -0.1) is 0 Å². The minimum atomic E-state index is -0.771. The zero-order chi connectivity index (χ0) is 56.4. The Balaban J connectivity index is 4.03. The maximum absolute atomic E-state index is 12.9. The maximum Gasteiger partial charge on any atom is 0.306 e. The number of carbonyl (C=O) groups is 3. The summed E-state index contributed by atoms with van der Waals surface area (Å²) < 4.78 is 16.8. The van der Waals surface area contributed by atoms with Gasteiger partial charge in [0.25, 0.3) is 0 Å². The molecular weight excluding hydrogens is 961 g/mol. The number of rotatable bonds is 63. The molecule has 78 heavy (non-hydrogen) atoms. The molecule has 6 nitrogen and oxygen atoms in total. The molecule has 0 aromatic heterocycles. The van der Waals surface area contributed by atoms with Crippen molar-refractivity contribution in [1.82, 2.24) is 0 Å². The van der Waals surface area contributed by atoms with E-state index in [0.717, 1.165) is 77.0 Å². The smallest absolute Gasteiger partial charge is 0.306 e. The molecule has 0 spiro atoms. The molecule has 1 unspecified atom stereocenters. The average molecular weight is 1090 g/mol. The summed E-state index contributed by atoms with van der Waals surface area (Å²) in [6.07, 6.45) is 85.7. The van der Waals surface area contributed by atoms with Crippen molar-refractivity contribution in [3.63, 3.8) is 0 Å². The second-order valence-electron chi connectivity index (χ2n) is 23.1. The van der Waals surface area contributed by atoms with Crippen LogP contribution < -0.4 is 0 Å². The molecule has 0 rings (SSSR count). The number of esters is 3. The largest absolute Gasteiger partial charge is 0.462 e. The van der Waals surface area contributed by atoms with E-state index in [2.05, 4.69) is 81.5 Å². The molecule has 454 valence electrons. The molecule has 0 fully saturated rings. The Morgan fingerprint density at radius 1 is 0.256 bits per heavy atom. The van der Waals surface area contributed by atoms with E-state index in [-0.39, 0.29) is 31.1 Å². The normalized spacial score (nSPS) is 12.4. The van der Waals surface area contributed by atoms with Crippen molar-refractivity contribution in [2.45, 2.75) is 367 Å². The van der Waals surface area contributed by atoms with Crippen LogP contribution >= 0.6 is 0 Å². The van der Waals surface area contributed by atoms with Gasteiger partial charge in [0.05, 0.1) is 0 Å². The van der Waals surface area contributed by atoms with Gasteiger partial charge in [-0.25, -0.2) is 0 Å². The van der Waals surface area contributed by atoms with Crippen molar-refractivity contribution >= 4 is 17.9 Å². The van der Waals surface area contributed by atoms with E-state index in [1.165, 1.54) is 244 Å².